The molecule has 1 rings (SSSR count). The van der Waals surface area contributed by atoms with Gasteiger partial charge in [0.25, 0.3) is 0 Å². The lowest BCUT2D eigenvalue weighted by Gasteiger charge is -2.39. The predicted molar refractivity (Wildman–Crippen MR) is 76.6 cm³/mol. The largest absolute Gasteiger partial charge is 0.468 e. The second kappa shape index (κ2) is 7.61. The van der Waals surface area contributed by atoms with E-state index in [9.17, 15) is 14.7 Å². The number of amides is 1. The highest BCUT2D eigenvalue weighted by Crippen LogP contribution is 2.22. The van der Waals surface area contributed by atoms with Gasteiger partial charge in [-0.15, -0.1) is 0 Å². The quantitative estimate of drug-likeness (QED) is 0.591. The van der Waals surface area contributed by atoms with Crippen molar-refractivity contribution in [1.82, 2.24) is 10.2 Å². The summed E-state index contributed by atoms with van der Waals surface area (Å²) in [6.07, 6.45) is 1.03. The van der Waals surface area contributed by atoms with Crippen LogP contribution < -0.4 is 5.32 Å². The molecule has 0 aromatic heterocycles. The second-order valence-electron chi connectivity index (χ2n) is 6.14. The van der Waals surface area contributed by atoms with Gasteiger partial charge >= 0.3 is 12.1 Å². The Morgan fingerprint density at radius 1 is 1.38 bits per heavy atom. The van der Waals surface area contributed by atoms with Gasteiger partial charge in [0.2, 0.25) is 0 Å². The van der Waals surface area contributed by atoms with Gasteiger partial charge < -0.3 is 19.5 Å². The molecule has 0 aromatic carbocycles. The summed E-state index contributed by atoms with van der Waals surface area (Å²) in [5.41, 5.74) is -0.580. The molecule has 1 saturated heterocycles. The van der Waals surface area contributed by atoms with Crippen LogP contribution in [0.2, 0.25) is 0 Å². The van der Waals surface area contributed by atoms with E-state index >= 15 is 0 Å². The zero-order valence-electron chi connectivity index (χ0n) is 13.2. The van der Waals surface area contributed by atoms with Crippen LogP contribution >= 0.6 is 0 Å². The van der Waals surface area contributed by atoms with Crippen LogP contribution in [0.15, 0.2) is 0 Å². The van der Waals surface area contributed by atoms with Crippen LogP contribution in [0.25, 0.3) is 0 Å². The van der Waals surface area contributed by atoms with Crippen LogP contribution in [-0.4, -0.2) is 60.1 Å². The number of nitrogens with one attached hydrogen (secondary N) is 1. The Hall–Kier alpha value is -1.34. The number of aliphatic hydroxyl groups is 1. The molecule has 7 heteroatoms. The van der Waals surface area contributed by atoms with E-state index in [0.29, 0.717) is 13.0 Å². The van der Waals surface area contributed by atoms with Crippen molar-refractivity contribution in [2.45, 2.75) is 57.9 Å². The molecule has 0 radical (unpaired) electrons. The van der Waals surface area contributed by atoms with Crippen LogP contribution in [0.3, 0.4) is 0 Å². The molecule has 0 aliphatic carbocycles. The summed E-state index contributed by atoms with van der Waals surface area (Å²) in [6, 6.07) is -0.404. The molecule has 1 aliphatic heterocycles. The first-order valence-electron chi connectivity index (χ1n) is 7.22. The normalized spacial score (nSPS) is 20.8. The number of likely N-dealkylation sites (tertiary alicyclic amines) is 1. The molecule has 1 heterocycles. The Bertz CT molecular complexity index is 367. The first-order valence-corrected chi connectivity index (χ1v) is 7.22. The Balaban J connectivity index is 2.63. The minimum absolute atomic E-state index is 0.101. The van der Waals surface area contributed by atoms with Crippen molar-refractivity contribution < 1.29 is 24.2 Å². The fourth-order valence-electron chi connectivity index (χ4n) is 2.23. The molecule has 2 N–H and O–H groups in total. The number of aliphatic hydroxyl groups excluding tert-OH is 1. The molecule has 1 amide bonds. The lowest BCUT2D eigenvalue weighted by Crippen LogP contribution is -2.56. The van der Waals surface area contributed by atoms with Crippen molar-refractivity contribution >= 4 is 12.1 Å². The fraction of sp³-hybridized carbons (Fsp3) is 0.857. The maximum atomic E-state index is 12.2. The van der Waals surface area contributed by atoms with E-state index in [4.69, 9.17) is 4.74 Å². The highest BCUT2D eigenvalue weighted by atomic mass is 16.6. The van der Waals surface area contributed by atoms with Gasteiger partial charge in [-0.2, -0.15) is 0 Å². The first-order chi connectivity index (χ1) is 9.74. The van der Waals surface area contributed by atoms with E-state index in [1.54, 1.807) is 20.8 Å². The van der Waals surface area contributed by atoms with Crippen LogP contribution in [0, 0.1) is 0 Å². The summed E-state index contributed by atoms with van der Waals surface area (Å²) in [4.78, 5) is 24.8. The van der Waals surface area contributed by atoms with Gasteiger partial charge in [-0.25, -0.2) is 4.79 Å². The molecule has 0 bridgehead atoms. The van der Waals surface area contributed by atoms with Gasteiger partial charge in [0.15, 0.2) is 0 Å². The summed E-state index contributed by atoms with van der Waals surface area (Å²) in [6.45, 7) is 5.84. The standard InChI is InChI=1S/C14H26N2O5/c1-14(2,3)21-13(19)16-8-6-5-7-10(16)12(18)15-9-11(17)20-4/h10,12,15,18H,5-9H2,1-4H3/t10?,12-/m1/s1. The lowest BCUT2D eigenvalue weighted by molar-refractivity contribution is -0.140. The number of esters is 1. The monoisotopic (exact) mass is 302 g/mol. The Morgan fingerprint density at radius 2 is 2.05 bits per heavy atom. The zero-order chi connectivity index (χ0) is 16.0. The molecule has 1 aliphatic rings. The summed E-state index contributed by atoms with van der Waals surface area (Å²) in [5.74, 6) is -0.464. The second-order valence-corrected chi connectivity index (χ2v) is 6.14. The highest BCUT2D eigenvalue weighted by molar-refractivity contribution is 5.71. The maximum absolute atomic E-state index is 12.2. The number of piperidine rings is 1. The van der Waals surface area contributed by atoms with Crippen molar-refractivity contribution in [3.05, 3.63) is 0 Å². The average Bonchev–Trinajstić information content (AvgIpc) is 2.42. The van der Waals surface area contributed by atoms with E-state index in [2.05, 4.69) is 10.1 Å². The number of nitrogens with zero attached hydrogens (tertiary/aromatic N) is 1. The van der Waals surface area contributed by atoms with E-state index in [0.717, 1.165) is 12.8 Å². The van der Waals surface area contributed by atoms with Gasteiger partial charge in [0.05, 0.1) is 19.7 Å². The van der Waals surface area contributed by atoms with E-state index in [1.807, 2.05) is 0 Å². The molecule has 122 valence electrons. The van der Waals surface area contributed by atoms with Crippen molar-refractivity contribution in [2.24, 2.45) is 0 Å². The van der Waals surface area contributed by atoms with E-state index in [1.165, 1.54) is 12.0 Å². The van der Waals surface area contributed by atoms with E-state index in [-0.39, 0.29) is 6.54 Å². The van der Waals surface area contributed by atoms with Gasteiger partial charge in [0, 0.05) is 6.54 Å². The van der Waals surface area contributed by atoms with Gasteiger partial charge in [-0.3, -0.25) is 10.1 Å². The van der Waals surface area contributed by atoms with Crippen molar-refractivity contribution in [1.29, 1.82) is 0 Å². The number of ether oxygens (including phenoxy) is 2. The van der Waals surface area contributed by atoms with Crippen molar-refractivity contribution in [3.63, 3.8) is 0 Å². The topological polar surface area (TPSA) is 88.1 Å². The average molecular weight is 302 g/mol. The van der Waals surface area contributed by atoms with Crippen molar-refractivity contribution in [3.8, 4) is 0 Å². The van der Waals surface area contributed by atoms with Crippen LogP contribution in [0.5, 0.6) is 0 Å². The van der Waals surface area contributed by atoms with E-state index < -0.39 is 29.9 Å². The Kier molecular flexibility index (Phi) is 6.42. The number of methoxy groups -OCH3 is 1. The molecular formula is C14H26N2O5. The van der Waals surface area contributed by atoms with Gasteiger partial charge in [0.1, 0.15) is 11.8 Å². The molecule has 0 saturated carbocycles. The van der Waals surface area contributed by atoms with Crippen LogP contribution in [0.4, 0.5) is 4.79 Å². The molecule has 1 fully saturated rings. The molecule has 0 aromatic rings. The minimum atomic E-state index is -0.989. The minimum Gasteiger partial charge on any atom is -0.468 e. The molecule has 7 nitrogen and oxygen atoms in total. The molecule has 21 heavy (non-hydrogen) atoms. The van der Waals surface area contributed by atoms with Crippen LogP contribution in [0.1, 0.15) is 40.0 Å². The summed E-state index contributed by atoms with van der Waals surface area (Å²) in [7, 11) is 1.28. The predicted octanol–water partition coefficient (Wildman–Crippen LogP) is 0.857. The lowest BCUT2D eigenvalue weighted by atomic mass is 10.0. The molecular weight excluding hydrogens is 276 g/mol. The first kappa shape index (κ1) is 17.7. The number of rotatable bonds is 4. The smallest absolute Gasteiger partial charge is 0.410 e. The number of carbonyl (C=O) groups is 2. The van der Waals surface area contributed by atoms with Crippen LogP contribution in [-0.2, 0) is 14.3 Å². The third-order valence-corrected chi connectivity index (χ3v) is 3.22. The highest BCUT2D eigenvalue weighted by Gasteiger charge is 2.34. The number of hydrogen-bond acceptors (Lipinski definition) is 6. The summed E-state index contributed by atoms with van der Waals surface area (Å²) >= 11 is 0. The third kappa shape index (κ3) is 5.89. The number of hydrogen-bond donors (Lipinski definition) is 2. The summed E-state index contributed by atoms with van der Waals surface area (Å²) in [5, 5.41) is 12.8. The fourth-order valence-corrected chi connectivity index (χ4v) is 2.23. The maximum Gasteiger partial charge on any atom is 0.410 e. The SMILES string of the molecule is COC(=O)CN[C@H](O)C1CCCCN1C(=O)OC(C)(C)C. The zero-order valence-corrected chi connectivity index (χ0v) is 13.2. The number of carbonyl (C=O) groups excluding carboxylic acids is 2. The molecule has 2 atom stereocenters. The Morgan fingerprint density at radius 3 is 2.62 bits per heavy atom. The third-order valence-electron chi connectivity index (χ3n) is 3.22. The Labute approximate surface area is 125 Å². The summed E-state index contributed by atoms with van der Waals surface area (Å²) < 4.78 is 9.87. The molecule has 0 spiro atoms. The van der Waals surface area contributed by atoms with Gasteiger partial charge in [-0.05, 0) is 40.0 Å². The van der Waals surface area contributed by atoms with Gasteiger partial charge in [-0.1, -0.05) is 0 Å². The molecule has 1 unspecified atom stereocenters. The van der Waals surface area contributed by atoms with Crippen molar-refractivity contribution in [2.75, 3.05) is 20.2 Å².